The number of nitro groups is 1. The van der Waals surface area contributed by atoms with Crippen molar-refractivity contribution in [2.45, 2.75) is 18.2 Å². The molecule has 0 bridgehead atoms. The number of carbonyl (C=O) groups is 1. The highest BCUT2D eigenvalue weighted by Crippen LogP contribution is 2.22. The van der Waals surface area contributed by atoms with Crippen molar-refractivity contribution in [1.29, 1.82) is 0 Å². The van der Waals surface area contributed by atoms with Crippen LogP contribution in [0.3, 0.4) is 0 Å². The van der Waals surface area contributed by atoms with Crippen LogP contribution in [0.5, 0.6) is 0 Å². The van der Waals surface area contributed by atoms with Gasteiger partial charge < -0.3 is 5.32 Å². The molecule has 0 heterocycles. The second-order valence-electron chi connectivity index (χ2n) is 4.77. The van der Waals surface area contributed by atoms with Gasteiger partial charge in [-0.15, -0.1) is 11.8 Å². The summed E-state index contributed by atoms with van der Waals surface area (Å²) < 4.78 is 0. The number of anilines is 1. The van der Waals surface area contributed by atoms with Crippen LogP contribution >= 0.6 is 11.8 Å². The summed E-state index contributed by atoms with van der Waals surface area (Å²) in [5, 5.41) is 13.4. The molecule has 6 heteroatoms. The number of rotatable bonds is 6. The molecule has 0 aliphatic carbocycles. The molecule has 1 amide bonds. The van der Waals surface area contributed by atoms with E-state index in [-0.39, 0.29) is 11.6 Å². The molecule has 5 nitrogen and oxygen atoms in total. The van der Waals surface area contributed by atoms with E-state index in [1.807, 2.05) is 31.2 Å². The highest BCUT2D eigenvalue weighted by molar-refractivity contribution is 7.99. The molecule has 0 aliphatic rings. The number of amides is 1. The maximum Gasteiger partial charge on any atom is 0.269 e. The van der Waals surface area contributed by atoms with Crippen molar-refractivity contribution in [2.75, 3.05) is 11.1 Å². The van der Waals surface area contributed by atoms with Gasteiger partial charge >= 0.3 is 0 Å². The van der Waals surface area contributed by atoms with Crippen molar-refractivity contribution in [3.05, 3.63) is 64.2 Å². The van der Waals surface area contributed by atoms with Crippen LogP contribution in [0.4, 0.5) is 11.4 Å². The molecule has 0 aromatic heterocycles. The molecule has 22 heavy (non-hydrogen) atoms. The number of non-ortho nitro benzene ring substituents is 1. The zero-order valence-corrected chi connectivity index (χ0v) is 12.9. The second kappa shape index (κ2) is 7.61. The topological polar surface area (TPSA) is 72.2 Å². The molecule has 0 aliphatic heterocycles. The first-order valence-corrected chi connectivity index (χ1v) is 7.77. The molecule has 2 rings (SSSR count). The minimum absolute atomic E-state index is 0.0417. The lowest BCUT2D eigenvalue weighted by atomic mass is 10.2. The standard InChI is InChI=1S/C16H16N2O3S/c1-12-3-2-4-13(11-12)17-16(19)9-10-22-15-7-5-14(6-8-15)18(20)21/h2-8,11H,9-10H2,1H3,(H,17,19). The largest absolute Gasteiger partial charge is 0.326 e. The van der Waals surface area contributed by atoms with E-state index in [2.05, 4.69) is 5.32 Å². The summed E-state index contributed by atoms with van der Waals surface area (Å²) in [5.74, 6) is 0.579. The minimum Gasteiger partial charge on any atom is -0.326 e. The van der Waals surface area contributed by atoms with E-state index in [0.717, 1.165) is 16.1 Å². The van der Waals surface area contributed by atoms with E-state index in [1.165, 1.54) is 23.9 Å². The quantitative estimate of drug-likeness (QED) is 0.496. The third-order valence-electron chi connectivity index (χ3n) is 2.95. The number of benzene rings is 2. The Kier molecular flexibility index (Phi) is 5.55. The van der Waals surface area contributed by atoms with Gasteiger partial charge in [-0.1, -0.05) is 12.1 Å². The van der Waals surface area contributed by atoms with Gasteiger partial charge in [0.2, 0.25) is 5.91 Å². The molecular formula is C16H16N2O3S. The van der Waals surface area contributed by atoms with Crippen LogP contribution in [0.15, 0.2) is 53.4 Å². The van der Waals surface area contributed by atoms with E-state index in [0.29, 0.717) is 12.2 Å². The number of nitrogens with one attached hydrogen (secondary N) is 1. The highest BCUT2D eigenvalue weighted by Gasteiger charge is 2.06. The van der Waals surface area contributed by atoms with Gasteiger partial charge in [-0.05, 0) is 36.8 Å². The summed E-state index contributed by atoms with van der Waals surface area (Å²) in [6.45, 7) is 1.97. The summed E-state index contributed by atoms with van der Waals surface area (Å²) >= 11 is 1.50. The second-order valence-corrected chi connectivity index (χ2v) is 5.94. The van der Waals surface area contributed by atoms with Gasteiger partial charge in [0.15, 0.2) is 0 Å². The van der Waals surface area contributed by atoms with Crippen LogP contribution < -0.4 is 5.32 Å². The van der Waals surface area contributed by atoms with Crippen molar-refractivity contribution in [2.24, 2.45) is 0 Å². The SMILES string of the molecule is Cc1cccc(NC(=O)CCSc2ccc([N+](=O)[O-])cc2)c1. The number of nitro benzene ring substituents is 1. The summed E-state index contributed by atoms with van der Waals surface area (Å²) in [6, 6.07) is 14.0. The van der Waals surface area contributed by atoms with E-state index in [9.17, 15) is 14.9 Å². The number of hydrogen-bond donors (Lipinski definition) is 1. The third kappa shape index (κ3) is 4.89. The average Bonchev–Trinajstić information content (AvgIpc) is 2.47. The molecular weight excluding hydrogens is 300 g/mol. The van der Waals surface area contributed by atoms with Crippen LogP contribution in [0.25, 0.3) is 0 Å². The Morgan fingerprint density at radius 1 is 1.23 bits per heavy atom. The Hall–Kier alpha value is -2.34. The van der Waals surface area contributed by atoms with E-state index in [1.54, 1.807) is 12.1 Å². The van der Waals surface area contributed by atoms with Crippen molar-refractivity contribution < 1.29 is 9.72 Å². The summed E-state index contributed by atoms with van der Waals surface area (Å²) in [4.78, 5) is 22.9. The van der Waals surface area contributed by atoms with Gasteiger partial charge in [-0.2, -0.15) is 0 Å². The van der Waals surface area contributed by atoms with Crippen molar-refractivity contribution >= 4 is 29.0 Å². The molecule has 0 spiro atoms. The smallest absolute Gasteiger partial charge is 0.269 e. The van der Waals surface area contributed by atoms with Crippen LogP contribution in [-0.4, -0.2) is 16.6 Å². The van der Waals surface area contributed by atoms with Crippen LogP contribution in [0, 0.1) is 17.0 Å². The Morgan fingerprint density at radius 2 is 1.95 bits per heavy atom. The Labute approximate surface area is 132 Å². The fraction of sp³-hybridized carbons (Fsp3) is 0.188. The predicted octanol–water partition coefficient (Wildman–Crippen LogP) is 4.02. The summed E-state index contributed by atoms with van der Waals surface area (Å²) in [7, 11) is 0. The van der Waals surface area contributed by atoms with Gasteiger partial charge in [0.05, 0.1) is 4.92 Å². The molecule has 0 unspecified atom stereocenters. The van der Waals surface area contributed by atoms with E-state index < -0.39 is 4.92 Å². The maximum absolute atomic E-state index is 11.8. The normalized spacial score (nSPS) is 10.2. The van der Waals surface area contributed by atoms with Gasteiger partial charge in [0, 0.05) is 34.9 Å². The molecule has 0 radical (unpaired) electrons. The average molecular weight is 316 g/mol. The fourth-order valence-electron chi connectivity index (χ4n) is 1.87. The fourth-order valence-corrected chi connectivity index (χ4v) is 2.72. The van der Waals surface area contributed by atoms with Crippen LogP contribution in [-0.2, 0) is 4.79 Å². The highest BCUT2D eigenvalue weighted by atomic mass is 32.2. The number of thioether (sulfide) groups is 1. The zero-order valence-electron chi connectivity index (χ0n) is 12.1. The number of aryl methyl sites for hydroxylation is 1. The first kappa shape index (κ1) is 16.0. The molecule has 1 N–H and O–H groups in total. The molecule has 0 saturated heterocycles. The van der Waals surface area contributed by atoms with Crippen molar-refractivity contribution in [3.8, 4) is 0 Å². The lowest BCUT2D eigenvalue weighted by Gasteiger charge is -2.06. The lowest BCUT2D eigenvalue weighted by molar-refractivity contribution is -0.384. The zero-order chi connectivity index (χ0) is 15.9. The molecule has 2 aromatic carbocycles. The number of hydrogen-bond acceptors (Lipinski definition) is 4. The van der Waals surface area contributed by atoms with Crippen molar-refractivity contribution in [1.82, 2.24) is 0 Å². The first-order chi connectivity index (χ1) is 10.5. The van der Waals surface area contributed by atoms with Gasteiger partial charge in [0.1, 0.15) is 0 Å². The summed E-state index contributed by atoms with van der Waals surface area (Å²) in [6.07, 6.45) is 0.385. The van der Waals surface area contributed by atoms with E-state index in [4.69, 9.17) is 0 Å². The van der Waals surface area contributed by atoms with E-state index >= 15 is 0 Å². The minimum atomic E-state index is -0.427. The van der Waals surface area contributed by atoms with Crippen molar-refractivity contribution in [3.63, 3.8) is 0 Å². The number of nitrogens with zero attached hydrogens (tertiary/aromatic N) is 1. The Balaban J connectivity index is 1.78. The molecule has 0 atom stereocenters. The van der Waals surface area contributed by atoms with Gasteiger partial charge in [-0.25, -0.2) is 0 Å². The van der Waals surface area contributed by atoms with Crippen LogP contribution in [0.1, 0.15) is 12.0 Å². The maximum atomic E-state index is 11.8. The van der Waals surface area contributed by atoms with Gasteiger partial charge in [0.25, 0.3) is 5.69 Å². The number of carbonyl (C=O) groups excluding carboxylic acids is 1. The Morgan fingerprint density at radius 3 is 2.59 bits per heavy atom. The molecule has 0 saturated carbocycles. The molecule has 114 valence electrons. The molecule has 2 aromatic rings. The van der Waals surface area contributed by atoms with Gasteiger partial charge in [-0.3, -0.25) is 14.9 Å². The predicted molar refractivity (Wildman–Crippen MR) is 88.2 cm³/mol. The first-order valence-electron chi connectivity index (χ1n) is 6.78. The van der Waals surface area contributed by atoms with Crippen LogP contribution in [0.2, 0.25) is 0 Å². The Bertz CT molecular complexity index is 671. The molecule has 0 fully saturated rings. The monoisotopic (exact) mass is 316 g/mol. The third-order valence-corrected chi connectivity index (χ3v) is 3.96. The summed E-state index contributed by atoms with van der Waals surface area (Å²) in [5.41, 5.74) is 1.96. The lowest BCUT2D eigenvalue weighted by Crippen LogP contribution is -2.12.